The molecule has 0 saturated carbocycles. The van der Waals surface area contributed by atoms with E-state index in [0.29, 0.717) is 12.5 Å². The Kier molecular flexibility index (Phi) is 5.95. The Hall–Kier alpha value is -2.60. The van der Waals surface area contributed by atoms with Gasteiger partial charge in [-0.05, 0) is 75.5 Å². The molecule has 0 aliphatic rings. The smallest absolute Gasteiger partial charge is 0.231 e. The molecule has 30 heavy (non-hydrogen) atoms. The SMILES string of the molecule is CC(C)(C)c1ccc2oc(-c3cc(I)ccc3OC/C=C/c3ccccc3)nc2c1. The second-order valence-electron chi connectivity index (χ2n) is 8.22. The number of aromatic nitrogens is 1. The zero-order valence-corrected chi connectivity index (χ0v) is 19.5. The van der Waals surface area contributed by atoms with E-state index >= 15 is 0 Å². The maximum atomic E-state index is 6.08. The molecule has 0 spiro atoms. The van der Waals surface area contributed by atoms with Crippen molar-refractivity contribution in [3.8, 4) is 17.2 Å². The topological polar surface area (TPSA) is 35.3 Å². The first-order valence-electron chi connectivity index (χ1n) is 9.95. The molecular weight excluding hydrogens is 485 g/mol. The lowest BCUT2D eigenvalue weighted by Crippen LogP contribution is -2.10. The number of halogens is 1. The van der Waals surface area contributed by atoms with E-state index in [-0.39, 0.29) is 5.41 Å². The summed E-state index contributed by atoms with van der Waals surface area (Å²) >= 11 is 2.30. The Labute approximate surface area is 190 Å². The van der Waals surface area contributed by atoms with Gasteiger partial charge in [0.15, 0.2) is 5.58 Å². The molecule has 0 aliphatic carbocycles. The Balaban J connectivity index is 1.61. The predicted molar refractivity (Wildman–Crippen MR) is 132 cm³/mol. The number of benzene rings is 3. The van der Waals surface area contributed by atoms with Crippen LogP contribution in [0.5, 0.6) is 5.75 Å². The summed E-state index contributed by atoms with van der Waals surface area (Å²) in [5.74, 6) is 1.34. The van der Waals surface area contributed by atoms with Crippen molar-refractivity contribution in [2.75, 3.05) is 6.61 Å². The fourth-order valence-corrected chi connectivity index (χ4v) is 3.68. The first kappa shape index (κ1) is 20.7. The highest BCUT2D eigenvalue weighted by Gasteiger charge is 2.18. The first-order valence-corrected chi connectivity index (χ1v) is 11.0. The van der Waals surface area contributed by atoms with Crippen molar-refractivity contribution in [1.29, 1.82) is 0 Å². The highest BCUT2D eigenvalue weighted by atomic mass is 127. The minimum Gasteiger partial charge on any atom is -0.489 e. The molecule has 152 valence electrons. The van der Waals surface area contributed by atoms with Gasteiger partial charge in [0.25, 0.3) is 0 Å². The summed E-state index contributed by atoms with van der Waals surface area (Å²) in [6, 6.07) is 22.5. The molecule has 3 aromatic carbocycles. The van der Waals surface area contributed by atoms with Gasteiger partial charge >= 0.3 is 0 Å². The van der Waals surface area contributed by atoms with Crippen molar-refractivity contribution in [2.24, 2.45) is 0 Å². The molecule has 0 amide bonds. The van der Waals surface area contributed by atoms with Crippen LogP contribution in [0.2, 0.25) is 0 Å². The van der Waals surface area contributed by atoms with Gasteiger partial charge in [0.2, 0.25) is 5.89 Å². The van der Waals surface area contributed by atoms with Gasteiger partial charge in [-0.1, -0.05) is 63.2 Å². The van der Waals surface area contributed by atoms with Crippen LogP contribution in [0.25, 0.3) is 28.6 Å². The molecule has 4 rings (SSSR count). The van der Waals surface area contributed by atoms with Gasteiger partial charge in [-0.25, -0.2) is 4.98 Å². The molecule has 4 heteroatoms. The molecule has 0 radical (unpaired) electrons. The third-order valence-corrected chi connectivity index (χ3v) is 5.54. The Morgan fingerprint density at radius 3 is 2.57 bits per heavy atom. The molecule has 0 fully saturated rings. The van der Waals surface area contributed by atoms with Crippen LogP contribution in [0.4, 0.5) is 0 Å². The quantitative estimate of drug-likeness (QED) is 0.262. The van der Waals surface area contributed by atoms with Crippen molar-refractivity contribution in [3.63, 3.8) is 0 Å². The molecule has 0 aliphatic heterocycles. The van der Waals surface area contributed by atoms with Gasteiger partial charge in [0.1, 0.15) is 17.9 Å². The zero-order chi connectivity index (χ0) is 21.1. The largest absolute Gasteiger partial charge is 0.489 e. The van der Waals surface area contributed by atoms with E-state index in [1.807, 2.05) is 48.5 Å². The van der Waals surface area contributed by atoms with Crippen LogP contribution < -0.4 is 4.74 Å². The maximum Gasteiger partial charge on any atom is 0.231 e. The zero-order valence-electron chi connectivity index (χ0n) is 17.4. The number of hydrogen-bond donors (Lipinski definition) is 0. The summed E-state index contributed by atoms with van der Waals surface area (Å²) in [6.45, 7) is 7.06. The number of hydrogen-bond acceptors (Lipinski definition) is 3. The van der Waals surface area contributed by atoms with Crippen molar-refractivity contribution in [2.45, 2.75) is 26.2 Å². The molecule has 1 heterocycles. The van der Waals surface area contributed by atoms with E-state index in [1.54, 1.807) is 0 Å². The average Bonchev–Trinajstić information content (AvgIpc) is 3.15. The van der Waals surface area contributed by atoms with Crippen LogP contribution in [-0.2, 0) is 5.41 Å². The fourth-order valence-electron chi connectivity index (χ4n) is 3.19. The summed E-state index contributed by atoms with van der Waals surface area (Å²) < 4.78 is 13.2. The molecule has 0 atom stereocenters. The predicted octanol–water partition coefficient (Wildman–Crippen LogP) is 7.49. The molecule has 0 unspecified atom stereocenters. The molecule has 0 bridgehead atoms. The van der Waals surface area contributed by atoms with Crippen molar-refractivity contribution < 1.29 is 9.15 Å². The van der Waals surface area contributed by atoms with Gasteiger partial charge in [0, 0.05) is 3.57 Å². The Morgan fingerprint density at radius 2 is 1.80 bits per heavy atom. The van der Waals surface area contributed by atoms with Crippen LogP contribution in [0.15, 0.2) is 77.2 Å². The van der Waals surface area contributed by atoms with Gasteiger partial charge in [-0.2, -0.15) is 0 Å². The molecule has 1 aromatic heterocycles. The lowest BCUT2D eigenvalue weighted by Gasteiger charge is -2.18. The van der Waals surface area contributed by atoms with Crippen LogP contribution >= 0.6 is 22.6 Å². The van der Waals surface area contributed by atoms with Crippen molar-refractivity contribution in [1.82, 2.24) is 4.98 Å². The highest BCUT2D eigenvalue weighted by Crippen LogP contribution is 2.34. The summed E-state index contributed by atoms with van der Waals surface area (Å²) in [5.41, 5.74) is 4.97. The van der Waals surface area contributed by atoms with Crippen LogP contribution in [0.1, 0.15) is 31.9 Å². The highest BCUT2D eigenvalue weighted by molar-refractivity contribution is 14.1. The molecule has 4 aromatic rings. The molecule has 0 saturated heterocycles. The minimum absolute atomic E-state index is 0.0643. The summed E-state index contributed by atoms with van der Waals surface area (Å²) in [6.07, 6.45) is 4.07. The number of nitrogens with zero attached hydrogens (tertiary/aromatic N) is 1. The monoisotopic (exact) mass is 509 g/mol. The van der Waals surface area contributed by atoms with Gasteiger partial charge < -0.3 is 9.15 Å². The molecule has 3 nitrogen and oxygen atoms in total. The molecular formula is C26H24INO2. The van der Waals surface area contributed by atoms with Gasteiger partial charge in [-0.15, -0.1) is 0 Å². The summed E-state index contributed by atoms with van der Waals surface area (Å²) in [4.78, 5) is 4.77. The Bertz CT molecular complexity index is 1190. The summed E-state index contributed by atoms with van der Waals surface area (Å²) in [5, 5.41) is 0. The van der Waals surface area contributed by atoms with E-state index in [2.05, 4.69) is 73.7 Å². The lowest BCUT2D eigenvalue weighted by atomic mass is 9.87. The van der Waals surface area contributed by atoms with Crippen molar-refractivity contribution in [3.05, 3.63) is 87.5 Å². The number of oxazole rings is 1. The standard InChI is InChI=1S/C26H24INO2/c1-26(2,3)19-11-13-24-22(16-19)28-25(30-24)21-17-20(27)12-14-23(21)29-15-7-10-18-8-5-4-6-9-18/h4-14,16-17H,15H2,1-3H3/b10-7+. The van der Waals surface area contributed by atoms with Crippen LogP contribution in [0.3, 0.4) is 0 Å². The van der Waals surface area contributed by atoms with Gasteiger partial charge in [0.05, 0.1) is 5.56 Å². The average molecular weight is 509 g/mol. The van der Waals surface area contributed by atoms with E-state index in [1.165, 1.54) is 5.56 Å². The first-order chi connectivity index (χ1) is 14.4. The van der Waals surface area contributed by atoms with Crippen LogP contribution in [-0.4, -0.2) is 11.6 Å². The normalized spacial score (nSPS) is 12.0. The minimum atomic E-state index is 0.0643. The second kappa shape index (κ2) is 8.64. The maximum absolute atomic E-state index is 6.08. The van der Waals surface area contributed by atoms with E-state index in [0.717, 1.165) is 31.5 Å². The second-order valence-corrected chi connectivity index (χ2v) is 9.46. The fraction of sp³-hybridized carbons (Fsp3) is 0.192. The third-order valence-electron chi connectivity index (χ3n) is 4.87. The summed E-state index contributed by atoms with van der Waals surface area (Å²) in [7, 11) is 0. The lowest BCUT2D eigenvalue weighted by molar-refractivity contribution is 0.364. The van der Waals surface area contributed by atoms with Crippen LogP contribution in [0, 0.1) is 3.57 Å². The van der Waals surface area contributed by atoms with Crippen molar-refractivity contribution >= 4 is 39.8 Å². The Morgan fingerprint density at radius 1 is 1.00 bits per heavy atom. The van der Waals surface area contributed by atoms with E-state index < -0.39 is 0 Å². The number of fused-ring (bicyclic) bond motifs is 1. The number of rotatable bonds is 5. The molecule has 0 N–H and O–H groups in total. The van der Waals surface area contributed by atoms with Gasteiger partial charge in [-0.3, -0.25) is 0 Å². The number of ether oxygens (including phenoxy) is 1. The third kappa shape index (κ3) is 4.75. The van der Waals surface area contributed by atoms with E-state index in [4.69, 9.17) is 14.1 Å². The van der Waals surface area contributed by atoms with E-state index in [9.17, 15) is 0 Å².